The number of hydrogen-bond donors (Lipinski definition) is 0. The molecule has 100 valence electrons. The van der Waals surface area contributed by atoms with Crippen LogP contribution in [-0.4, -0.2) is 32.7 Å². The average Bonchev–Trinajstić information content (AvgIpc) is 2.13. The molecular formula is C15H24NO2+. The van der Waals surface area contributed by atoms with Gasteiger partial charge in [-0.3, -0.25) is 9.28 Å². The molecule has 0 N–H and O–H groups in total. The Balaban J connectivity index is 2.67. The van der Waals surface area contributed by atoms with Crippen LogP contribution in [-0.2, 0) is 16.0 Å². The van der Waals surface area contributed by atoms with Crippen molar-refractivity contribution in [3.63, 3.8) is 0 Å². The van der Waals surface area contributed by atoms with Crippen molar-refractivity contribution in [2.45, 2.75) is 32.8 Å². The summed E-state index contributed by atoms with van der Waals surface area (Å²) in [6, 6.07) is 8.09. The minimum Gasteiger partial charge on any atom is -0.460 e. The lowest BCUT2D eigenvalue weighted by Crippen LogP contribution is -2.34. The van der Waals surface area contributed by atoms with Crippen LogP contribution in [0.25, 0.3) is 0 Å². The van der Waals surface area contributed by atoms with E-state index in [1.165, 1.54) is 5.69 Å². The molecule has 3 heteroatoms. The van der Waals surface area contributed by atoms with Crippen LogP contribution < -0.4 is 4.48 Å². The van der Waals surface area contributed by atoms with Gasteiger partial charge in [-0.2, -0.15) is 0 Å². The fourth-order valence-corrected chi connectivity index (χ4v) is 1.61. The lowest BCUT2D eigenvalue weighted by Gasteiger charge is -2.23. The van der Waals surface area contributed by atoms with Crippen LogP contribution in [0, 0.1) is 0 Å². The second-order valence-electron chi connectivity index (χ2n) is 6.44. The van der Waals surface area contributed by atoms with Crippen molar-refractivity contribution in [2.75, 3.05) is 21.1 Å². The SMILES string of the molecule is CC(C)(C)OC(=O)Cc1ccc([N+](C)(C)C)cc1. The fraction of sp³-hybridized carbons (Fsp3) is 0.533. The van der Waals surface area contributed by atoms with Crippen molar-refractivity contribution in [1.29, 1.82) is 0 Å². The van der Waals surface area contributed by atoms with E-state index in [1.807, 2.05) is 32.9 Å². The highest BCUT2D eigenvalue weighted by molar-refractivity contribution is 5.73. The molecule has 1 aromatic rings. The van der Waals surface area contributed by atoms with Gasteiger partial charge in [-0.25, -0.2) is 0 Å². The van der Waals surface area contributed by atoms with Gasteiger partial charge in [0, 0.05) is 0 Å². The number of benzene rings is 1. The van der Waals surface area contributed by atoms with Gasteiger partial charge in [-0.15, -0.1) is 0 Å². The Bertz CT molecular complexity index is 408. The number of rotatable bonds is 3. The topological polar surface area (TPSA) is 26.3 Å². The molecule has 1 rings (SSSR count). The lowest BCUT2D eigenvalue weighted by atomic mass is 10.1. The van der Waals surface area contributed by atoms with Gasteiger partial charge in [0.15, 0.2) is 0 Å². The summed E-state index contributed by atoms with van der Waals surface area (Å²) in [4.78, 5) is 11.7. The van der Waals surface area contributed by atoms with Crippen molar-refractivity contribution in [3.05, 3.63) is 29.8 Å². The zero-order chi connectivity index (χ0) is 14.0. The Morgan fingerprint density at radius 1 is 1.11 bits per heavy atom. The van der Waals surface area contributed by atoms with Gasteiger partial charge in [-0.05, 0) is 38.5 Å². The van der Waals surface area contributed by atoms with E-state index >= 15 is 0 Å². The second-order valence-corrected chi connectivity index (χ2v) is 6.44. The monoisotopic (exact) mass is 250 g/mol. The predicted octanol–water partition coefficient (Wildman–Crippen LogP) is 2.77. The normalized spacial score (nSPS) is 12.3. The Labute approximate surface area is 110 Å². The Hall–Kier alpha value is -1.35. The third-order valence-electron chi connectivity index (χ3n) is 2.48. The summed E-state index contributed by atoms with van der Waals surface area (Å²) >= 11 is 0. The van der Waals surface area contributed by atoms with Gasteiger partial charge in [0.05, 0.1) is 27.6 Å². The molecule has 0 aliphatic carbocycles. The fourth-order valence-electron chi connectivity index (χ4n) is 1.61. The molecule has 0 aliphatic heterocycles. The molecule has 0 bridgehead atoms. The van der Waals surface area contributed by atoms with Crippen molar-refractivity contribution < 1.29 is 9.53 Å². The number of nitrogens with zero attached hydrogens (tertiary/aromatic N) is 1. The predicted molar refractivity (Wildman–Crippen MR) is 75.6 cm³/mol. The van der Waals surface area contributed by atoms with Crippen molar-refractivity contribution in [1.82, 2.24) is 4.48 Å². The molecule has 0 unspecified atom stereocenters. The Morgan fingerprint density at radius 3 is 2.00 bits per heavy atom. The van der Waals surface area contributed by atoms with Gasteiger partial charge in [-0.1, -0.05) is 12.1 Å². The van der Waals surface area contributed by atoms with E-state index in [4.69, 9.17) is 4.74 Å². The molecule has 1 aromatic carbocycles. The van der Waals surface area contributed by atoms with Crippen LogP contribution in [0.3, 0.4) is 0 Å². The highest BCUT2D eigenvalue weighted by Crippen LogP contribution is 2.18. The number of ether oxygens (including phenoxy) is 1. The Morgan fingerprint density at radius 2 is 1.61 bits per heavy atom. The summed E-state index contributed by atoms with van der Waals surface area (Å²) in [5.74, 6) is -0.180. The van der Waals surface area contributed by atoms with E-state index in [0.717, 1.165) is 10.0 Å². The third-order valence-corrected chi connectivity index (χ3v) is 2.48. The van der Waals surface area contributed by atoms with Crippen molar-refractivity contribution in [3.8, 4) is 0 Å². The van der Waals surface area contributed by atoms with Gasteiger partial charge >= 0.3 is 5.97 Å². The third kappa shape index (κ3) is 4.88. The van der Waals surface area contributed by atoms with Crippen LogP contribution in [0.15, 0.2) is 24.3 Å². The number of hydrogen-bond acceptors (Lipinski definition) is 2. The van der Waals surface area contributed by atoms with E-state index in [0.29, 0.717) is 6.42 Å². The molecule has 18 heavy (non-hydrogen) atoms. The molecular weight excluding hydrogens is 226 g/mol. The number of carbonyl (C=O) groups excluding carboxylic acids is 1. The van der Waals surface area contributed by atoms with Crippen LogP contribution in [0.5, 0.6) is 0 Å². The van der Waals surface area contributed by atoms with Gasteiger partial charge in [0.1, 0.15) is 11.3 Å². The molecule has 0 spiro atoms. The highest BCUT2D eigenvalue weighted by atomic mass is 16.6. The molecule has 0 heterocycles. The zero-order valence-electron chi connectivity index (χ0n) is 12.3. The summed E-state index contributed by atoms with van der Waals surface area (Å²) in [6.45, 7) is 5.64. The molecule has 0 radical (unpaired) electrons. The largest absolute Gasteiger partial charge is 0.460 e. The van der Waals surface area contributed by atoms with E-state index in [1.54, 1.807) is 0 Å². The second kappa shape index (κ2) is 5.11. The standard InChI is InChI=1S/C15H24NO2/c1-15(2,3)18-14(17)11-12-7-9-13(10-8-12)16(4,5)6/h7-10H,11H2,1-6H3/q+1. The summed E-state index contributed by atoms with van der Waals surface area (Å²) in [5, 5.41) is 0. The maximum Gasteiger partial charge on any atom is 0.310 e. The number of carbonyl (C=O) groups is 1. The van der Waals surface area contributed by atoms with Gasteiger partial charge in [0.25, 0.3) is 0 Å². The van der Waals surface area contributed by atoms with E-state index in [9.17, 15) is 4.79 Å². The number of esters is 1. The van der Waals surface area contributed by atoms with Crippen LogP contribution in [0.2, 0.25) is 0 Å². The summed E-state index contributed by atoms with van der Waals surface area (Å²) in [6.07, 6.45) is 0.328. The van der Waals surface area contributed by atoms with Crippen molar-refractivity contribution in [2.24, 2.45) is 0 Å². The first kappa shape index (κ1) is 14.7. The molecule has 0 saturated heterocycles. The summed E-state index contributed by atoms with van der Waals surface area (Å²) in [5.41, 5.74) is 1.78. The lowest BCUT2D eigenvalue weighted by molar-refractivity contribution is -0.153. The molecule has 0 saturated carbocycles. The first-order valence-corrected chi connectivity index (χ1v) is 6.21. The van der Waals surface area contributed by atoms with E-state index in [2.05, 4.69) is 33.3 Å². The maximum atomic E-state index is 11.7. The molecule has 0 atom stereocenters. The average molecular weight is 250 g/mol. The van der Waals surface area contributed by atoms with E-state index < -0.39 is 5.60 Å². The Kier molecular flexibility index (Phi) is 4.17. The first-order valence-electron chi connectivity index (χ1n) is 6.21. The van der Waals surface area contributed by atoms with Crippen LogP contribution in [0.4, 0.5) is 5.69 Å². The number of quaternary nitrogens is 1. The smallest absolute Gasteiger partial charge is 0.310 e. The zero-order valence-corrected chi connectivity index (χ0v) is 12.3. The first-order chi connectivity index (χ1) is 8.08. The molecule has 0 aliphatic rings. The summed E-state index contributed by atoms with van der Waals surface area (Å²) in [7, 11) is 6.34. The highest BCUT2D eigenvalue weighted by Gasteiger charge is 2.17. The van der Waals surface area contributed by atoms with Gasteiger partial charge in [0.2, 0.25) is 0 Å². The van der Waals surface area contributed by atoms with E-state index in [-0.39, 0.29) is 5.97 Å². The van der Waals surface area contributed by atoms with Crippen LogP contribution >= 0.6 is 0 Å². The van der Waals surface area contributed by atoms with Crippen LogP contribution in [0.1, 0.15) is 26.3 Å². The summed E-state index contributed by atoms with van der Waals surface area (Å²) < 4.78 is 6.07. The molecule has 0 fully saturated rings. The minimum atomic E-state index is -0.417. The van der Waals surface area contributed by atoms with Gasteiger partial charge < -0.3 is 4.74 Å². The quantitative estimate of drug-likeness (QED) is 0.609. The molecule has 3 nitrogen and oxygen atoms in total. The molecule has 0 aromatic heterocycles. The van der Waals surface area contributed by atoms with Crippen molar-refractivity contribution >= 4 is 11.7 Å². The minimum absolute atomic E-state index is 0.180. The maximum absolute atomic E-state index is 11.7. The molecule has 0 amide bonds.